The molecular weight excluding hydrogens is 320 g/mol. The fourth-order valence-electron chi connectivity index (χ4n) is 2.98. The third kappa shape index (κ3) is 4.85. The summed E-state index contributed by atoms with van der Waals surface area (Å²) in [5, 5.41) is 6.72. The molecule has 0 spiro atoms. The van der Waals surface area contributed by atoms with Gasteiger partial charge in [0, 0.05) is 6.20 Å². The number of rotatable bonds is 7. The number of nitrogens with one attached hydrogen (secondary N) is 1. The largest absolute Gasteiger partial charge is 0.365 e. The van der Waals surface area contributed by atoms with Crippen molar-refractivity contribution in [3.63, 3.8) is 0 Å². The van der Waals surface area contributed by atoms with E-state index in [2.05, 4.69) is 20.4 Å². The first-order chi connectivity index (χ1) is 12.3. The van der Waals surface area contributed by atoms with Gasteiger partial charge in [-0.3, -0.25) is 9.78 Å². The maximum Gasteiger partial charge on any atom is 0.249 e. The number of ether oxygens (including phenoxy) is 1. The van der Waals surface area contributed by atoms with Gasteiger partial charge < -0.3 is 14.6 Å². The van der Waals surface area contributed by atoms with Crippen molar-refractivity contribution in [1.82, 2.24) is 20.4 Å². The first kappa shape index (κ1) is 17.5. The number of aromatic nitrogens is 3. The molecule has 1 aliphatic rings. The van der Waals surface area contributed by atoms with E-state index in [1.165, 1.54) is 19.3 Å². The number of nitrogens with zero attached hydrogens (tertiary/aromatic N) is 3. The van der Waals surface area contributed by atoms with Crippen LogP contribution in [0.15, 0.2) is 28.9 Å². The van der Waals surface area contributed by atoms with Gasteiger partial charge in [-0.15, -0.1) is 0 Å². The lowest BCUT2D eigenvalue weighted by Gasteiger charge is -2.26. The molecule has 1 aliphatic carbocycles. The number of hydrogen-bond acceptors (Lipinski definition) is 6. The Hall–Kier alpha value is -2.28. The Kier molecular flexibility index (Phi) is 6.11. The highest BCUT2D eigenvalue weighted by Crippen LogP contribution is 2.22. The molecule has 0 aromatic carbocycles. The summed E-state index contributed by atoms with van der Waals surface area (Å²) in [5.74, 6) is 0.627. The number of hydrogen-bond donors (Lipinski definition) is 1. The summed E-state index contributed by atoms with van der Waals surface area (Å²) in [6.45, 7) is 2.14. The van der Waals surface area contributed by atoms with E-state index in [4.69, 9.17) is 9.26 Å². The van der Waals surface area contributed by atoms with Crippen molar-refractivity contribution in [3.8, 4) is 11.5 Å². The molecule has 0 saturated heterocycles. The predicted octanol–water partition coefficient (Wildman–Crippen LogP) is 2.88. The van der Waals surface area contributed by atoms with Crippen LogP contribution in [0.4, 0.5) is 0 Å². The fourth-order valence-corrected chi connectivity index (χ4v) is 2.98. The van der Waals surface area contributed by atoms with Crippen LogP contribution in [-0.2, 0) is 16.1 Å². The van der Waals surface area contributed by atoms with Gasteiger partial charge in [0.2, 0.25) is 17.6 Å². The molecule has 0 radical (unpaired) electrons. The molecule has 1 amide bonds. The summed E-state index contributed by atoms with van der Waals surface area (Å²) in [6.07, 6.45) is 7.79. The van der Waals surface area contributed by atoms with E-state index in [0.29, 0.717) is 23.8 Å². The molecule has 2 aromatic heterocycles. The minimum absolute atomic E-state index is 0.134. The highest BCUT2D eigenvalue weighted by Gasteiger charge is 2.23. The van der Waals surface area contributed by atoms with E-state index >= 15 is 0 Å². The van der Waals surface area contributed by atoms with Crippen molar-refractivity contribution in [2.24, 2.45) is 0 Å². The predicted molar refractivity (Wildman–Crippen MR) is 91.4 cm³/mol. The quantitative estimate of drug-likeness (QED) is 0.830. The molecule has 0 aliphatic heterocycles. The summed E-state index contributed by atoms with van der Waals surface area (Å²) in [7, 11) is 0. The normalized spacial score (nSPS) is 16.5. The number of pyridine rings is 1. The minimum atomic E-state index is -0.429. The van der Waals surface area contributed by atoms with Gasteiger partial charge in [0.05, 0.1) is 12.6 Å². The zero-order valence-electron chi connectivity index (χ0n) is 14.5. The topological polar surface area (TPSA) is 90.1 Å². The van der Waals surface area contributed by atoms with Gasteiger partial charge in [-0.05, 0) is 31.4 Å². The molecule has 2 aromatic rings. The molecule has 1 saturated carbocycles. The van der Waals surface area contributed by atoms with E-state index in [-0.39, 0.29) is 18.6 Å². The average Bonchev–Trinajstić information content (AvgIpc) is 3.15. The third-order valence-corrected chi connectivity index (χ3v) is 4.35. The van der Waals surface area contributed by atoms with Gasteiger partial charge in [-0.25, -0.2) is 0 Å². The molecule has 0 unspecified atom stereocenters. The second-order valence-corrected chi connectivity index (χ2v) is 6.24. The summed E-state index contributed by atoms with van der Waals surface area (Å²) in [6, 6.07) is 5.48. The Bertz CT molecular complexity index is 668. The summed E-state index contributed by atoms with van der Waals surface area (Å²) >= 11 is 0. The Morgan fingerprint density at radius 1 is 1.36 bits per heavy atom. The molecule has 7 nitrogen and oxygen atoms in total. The van der Waals surface area contributed by atoms with Crippen molar-refractivity contribution in [1.29, 1.82) is 0 Å². The highest BCUT2D eigenvalue weighted by atomic mass is 16.5. The molecular formula is C18H24N4O3. The first-order valence-electron chi connectivity index (χ1n) is 8.93. The standard InChI is InChI=1S/C18H24N4O3/c1-2-15(24-13-8-4-3-5-9-13)18(23)20-12-16-21-17(22-25-16)14-10-6-7-11-19-14/h6-7,10-11,13,15H,2-5,8-9,12H2,1H3,(H,20,23)/t15-/m0/s1. The van der Waals surface area contributed by atoms with Crippen molar-refractivity contribution in [3.05, 3.63) is 30.3 Å². The Morgan fingerprint density at radius 2 is 2.20 bits per heavy atom. The van der Waals surface area contributed by atoms with Crippen LogP contribution in [-0.4, -0.2) is 33.2 Å². The van der Waals surface area contributed by atoms with E-state index in [9.17, 15) is 4.79 Å². The van der Waals surface area contributed by atoms with Crippen LogP contribution >= 0.6 is 0 Å². The summed E-state index contributed by atoms with van der Waals surface area (Å²) in [5.41, 5.74) is 0.635. The molecule has 7 heteroatoms. The van der Waals surface area contributed by atoms with Gasteiger partial charge >= 0.3 is 0 Å². The van der Waals surface area contributed by atoms with Crippen molar-refractivity contribution >= 4 is 5.91 Å². The Labute approximate surface area is 147 Å². The zero-order chi connectivity index (χ0) is 17.5. The maximum atomic E-state index is 12.4. The van der Waals surface area contributed by atoms with Crippen LogP contribution in [0.5, 0.6) is 0 Å². The first-order valence-corrected chi connectivity index (χ1v) is 8.93. The molecule has 1 atom stereocenters. The monoisotopic (exact) mass is 344 g/mol. The fraction of sp³-hybridized carbons (Fsp3) is 0.556. The van der Waals surface area contributed by atoms with Gasteiger partial charge in [0.1, 0.15) is 11.8 Å². The SMILES string of the molecule is CC[C@H](OC1CCCCC1)C(=O)NCc1nc(-c2ccccn2)no1. The van der Waals surface area contributed by atoms with E-state index in [1.807, 2.05) is 19.1 Å². The summed E-state index contributed by atoms with van der Waals surface area (Å²) < 4.78 is 11.2. The average molecular weight is 344 g/mol. The summed E-state index contributed by atoms with van der Waals surface area (Å²) in [4.78, 5) is 20.8. The lowest BCUT2D eigenvalue weighted by Crippen LogP contribution is -2.38. The molecule has 2 heterocycles. The Morgan fingerprint density at radius 3 is 2.92 bits per heavy atom. The van der Waals surface area contributed by atoms with Crippen molar-refractivity contribution in [2.75, 3.05) is 0 Å². The van der Waals surface area contributed by atoms with E-state index in [0.717, 1.165) is 12.8 Å². The zero-order valence-corrected chi connectivity index (χ0v) is 14.5. The number of amides is 1. The molecule has 134 valence electrons. The minimum Gasteiger partial charge on any atom is -0.365 e. The van der Waals surface area contributed by atoms with Crippen LogP contribution in [0.2, 0.25) is 0 Å². The van der Waals surface area contributed by atoms with Crippen LogP contribution < -0.4 is 5.32 Å². The van der Waals surface area contributed by atoms with Gasteiger partial charge in [-0.2, -0.15) is 4.98 Å². The second-order valence-electron chi connectivity index (χ2n) is 6.24. The van der Waals surface area contributed by atoms with Crippen molar-refractivity contribution in [2.45, 2.75) is 64.2 Å². The number of carbonyl (C=O) groups excluding carboxylic acids is 1. The molecule has 1 N–H and O–H groups in total. The molecule has 0 bridgehead atoms. The smallest absolute Gasteiger partial charge is 0.249 e. The molecule has 25 heavy (non-hydrogen) atoms. The lowest BCUT2D eigenvalue weighted by molar-refractivity contribution is -0.138. The van der Waals surface area contributed by atoms with Crippen LogP contribution in [0.1, 0.15) is 51.3 Å². The van der Waals surface area contributed by atoms with Crippen LogP contribution in [0.25, 0.3) is 11.5 Å². The van der Waals surface area contributed by atoms with E-state index in [1.54, 1.807) is 12.3 Å². The maximum absolute atomic E-state index is 12.4. The van der Waals surface area contributed by atoms with Crippen LogP contribution in [0.3, 0.4) is 0 Å². The lowest BCUT2D eigenvalue weighted by atomic mass is 9.97. The highest BCUT2D eigenvalue weighted by molar-refractivity contribution is 5.80. The molecule has 1 fully saturated rings. The van der Waals surface area contributed by atoms with Crippen LogP contribution in [0, 0.1) is 0 Å². The molecule has 3 rings (SSSR count). The van der Waals surface area contributed by atoms with Crippen molar-refractivity contribution < 1.29 is 14.1 Å². The second kappa shape index (κ2) is 8.71. The van der Waals surface area contributed by atoms with Gasteiger partial charge in [0.25, 0.3) is 0 Å². The van der Waals surface area contributed by atoms with E-state index < -0.39 is 6.10 Å². The van der Waals surface area contributed by atoms with Gasteiger partial charge in [0.15, 0.2) is 0 Å². The third-order valence-electron chi connectivity index (χ3n) is 4.35. The Balaban J connectivity index is 1.51. The van der Waals surface area contributed by atoms with Gasteiger partial charge in [-0.1, -0.05) is 37.4 Å². The number of carbonyl (C=O) groups is 1.